The Morgan fingerprint density at radius 3 is 2.53 bits per heavy atom. The first-order valence-electron chi connectivity index (χ1n) is 6.86. The predicted octanol–water partition coefficient (Wildman–Crippen LogP) is 3.28. The minimum absolute atomic E-state index is 0.537. The number of nitrogens with one attached hydrogen (secondary N) is 1. The van der Waals surface area contributed by atoms with E-state index in [1.54, 1.807) is 0 Å². The second-order valence-corrected chi connectivity index (χ2v) is 5.60. The van der Waals surface area contributed by atoms with E-state index in [1.165, 1.54) is 6.42 Å². The summed E-state index contributed by atoms with van der Waals surface area (Å²) in [6.45, 7) is 10.3. The van der Waals surface area contributed by atoms with Crippen LogP contribution in [-0.2, 0) is 0 Å². The average molecular weight is 285 g/mol. The summed E-state index contributed by atoms with van der Waals surface area (Å²) in [5.74, 6) is 1.56. The van der Waals surface area contributed by atoms with Gasteiger partial charge in [0, 0.05) is 18.2 Å². The van der Waals surface area contributed by atoms with E-state index < -0.39 is 0 Å². The molecule has 5 heteroatoms. The molecule has 0 bridgehead atoms. The largest absolute Gasteiger partial charge is 0.370 e. The van der Waals surface area contributed by atoms with Crippen LogP contribution in [0, 0.1) is 13.8 Å². The third-order valence-electron chi connectivity index (χ3n) is 3.31. The van der Waals surface area contributed by atoms with Crippen molar-refractivity contribution in [1.82, 2.24) is 14.9 Å². The molecule has 0 saturated heterocycles. The summed E-state index contributed by atoms with van der Waals surface area (Å²) in [6.07, 6.45) is 2.30. The number of anilines is 1. The van der Waals surface area contributed by atoms with Gasteiger partial charge in [0.2, 0.25) is 0 Å². The van der Waals surface area contributed by atoms with Gasteiger partial charge in [-0.05, 0) is 54.1 Å². The fourth-order valence-corrected chi connectivity index (χ4v) is 1.93. The van der Waals surface area contributed by atoms with Gasteiger partial charge in [0.25, 0.3) is 0 Å². The van der Waals surface area contributed by atoms with Crippen molar-refractivity contribution in [2.24, 2.45) is 0 Å². The number of rotatable bonds is 7. The molecule has 0 aliphatic heterocycles. The maximum atomic E-state index is 6.04. The Hall–Kier alpha value is -0.870. The maximum Gasteiger partial charge on any atom is 0.137 e. The topological polar surface area (TPSA) is 41.1 Å². The van der Waals surface area contributed by atoms with E-state index in [9.17, 15) is 0 Å². The smallest absolute Gasteiger partial charge is 0.137 e. The molecule has 1 heterocycles. The van der Waals surface area contributed by atoms with Crippen LogP contribution in [0.4, 0.5) is 5.82 Å². The first-order valence-corrected chi connectivity index (χ1v) is 7.24. The second kappa shape index (κ2) is 7.65. The summed E-state index contributed by atoms with van der Waals surface area (Å²) in [7, 11) is 2.16. The third kappa shape index (κ3) is 5.33. The molecule has 108 valence electrons. The minimum Gasteiger partial charge on any atom is -0.370 e. The number of unbranched alkanes of at least 4 members (excludes halogenated alkanes) is 1. The van der Waals surface area contributed by atoms with Gasteiger partial charge in [-0.15, -0.1) is 0 Å². The molecule has 0 spiro atoms. The van der Waals surface area contributed by atoms with Crippen molar-refractivity contribution >= 4 is 17.4 Å². The summed E-state index contributed by atoms with van der Waals surface area (Å²) < 4.78 is 0. The lowest BCUT2D eigenvalue weighted by molar-refractivity contribution is 0.269. The Morgan fingerprint density at radius 1 is 1.21 bits per heavy atom. The van der Waals surface area contributed by atoms with Crippen molar-refractivity contribution in [3.63, 3.8) is 0 Å². The average Bonchev–Trinajstić information content (AvgIpc) is 2.34. The SMILES string of the molecule is Cc1nc(Cl)c(C)c(NCCCCN(C)C(C)C)n1. The molecule has 1 N–H and O–H groups in total. The van der Waals surface area contributed by atoms with Crippen molar-refractivity contribution < 1.29 is 0 Å². The summed E-state index contributed by atoms with van der Waals surface area (Å²) in [5, 5.41) is 3.88. The standard InChI is InChI=1S/C14H25ClN4/c1-10(2)19(5)9-7-6-8-16-14-11(3)13(15)17-12(4)18-14/h10H,6-9H2,1-5H3,(H,16,17,18). The van der Waals surface area contributed by atoms with Crippen LogP contribution in [0.5, 0.6) is 0 Å². The number of aromatic nitrogens is 2. The summed E-state index contributed by atoms with van der Waals surface area (Å²) >= 11 is 6.04. The van der Waals surface area contributed by atoms with E-state index >= 15 is 0 Å². The highest BCUT2D eigenvalue weighted by Gasteiger charge is 2.07. The van der Waals surface area contributed by atoms with E-state index in [-0.39, 0.29) is 0 Å². The molecule has 0 aliphatic carbocycles. The van der Waals surface area contributed by atoms with Crippen LogP contribution in [0.1, 0.15) is 38.1 Å². The highest BCUT2D eigenvalue weighted by Crippen LogP contribution is 2.19. The molecule has 1 aromatic heterocycles. The van der Waals surface area contributed by atoms with E-state index in [2.05, 4.69) is 41.1 Å². The van der Waals surface area contributed by atoms with Gasteiger partial charge in [0.05, 0.1) is 0 Å². The summed E-state index contributed by atoms with van der Waals surface area (Å²) in [5.41, 5.74) is 0.923. The molecular weight excluding hydrogens is 260 g/mol. The van der Waals surface area contributed by atoms with Crippen molar-refractivity contribution in [2.75, 3.05) is 25.5 Å². The van der Waals surface area contributed by atoms with Crippen molar-refractivity contribution in [1.29, 1.82) is 0 Å². The second-order valence-electron chi connectivity index (χ2n) is 5.24. The quantitative estimate of drug-likeness (QED) is 0.616. The van der Waals surface area contributed by atoms with Crippen LogP contribution in [0.2, 0.25) is 5.15 Å². The first-order chi connectivity index (χ1) is 8.91. The van der Waals surface area contributed by atoms with Gasteiger partial charge in [0.1, 0.15) is 16.8 Å². The van der Waals surface area contributed by atoms with Gasteiger partial charge in [-0.2, -0.15) is 0 Å². The van der Waals surface area contributed by atoms with Gasteiger partial charge >= 0.3 is 0 Å². The number of hydrogen-bond donors (Lipinski definition) is 1. The molecule has 0 amide bonds. The number of nitrogens with zero attached hydrogens (tertiary/aromatic N) is 3. The molecule has 19 heavy (non-hydrogen) atoms. The normalized spacial score (nSPS) is 11.4. The van der Waals surface area contributed by atoms with Crippen molar-refractivity contribution in [2.45, 2.75) is 46.6 Å². The predicted molar refractivity (Wildman–Crippen MR) is 82.0 cm³/mol. The zero-order chi connectivity index (χ0) is 14.4. The van der Waals surface area contributed by atoms with Crippen LogP contribution in [0.25, 0.3) is 0 Å². The Balaban J connectivity index is 2.34. The molecule has 0 aliphatic rings. The van der Waals surface area contributed by atoms with Crippen LogP contribution in [0.3, 0.4) is 0 Å². The molecule has 1 rings (SSSR count). The first kappa shape index (κ1) is 16.2. The van der Waals surface area contributed by atoms with E-state index in [4.69, 9.17) is 11.6 Å². The Morgan fingerprint density at radius 2 is 1.89 bits per heavy atom. The lowest BCUT2D eigenvalue weighted by Gasteiger charge is -2.20. The fraction of sp³-hybridized carbons (Fsp3) is 0.714. The molecule has 0 aromatic carbocycles. The maximum absolute atomic E-state index is 6.04. The molecule has 4 nitrogen and oxygen atoms in total. The van der Waals surface area contributed by atoms with Crippen LogP contribution in [-0.4, -0.2) is 41.0 Å². The van der Waals surface area contributed by atoms with Gasteiger partial charge in [-0.3, -0.25) is 0 Å². The monoisotopic (exact) mass is 284 g/mol. The minimum atomic E-state index is 0.537. The van der Waals surface area contributed by atoms with Gasteiger partial charge in [-0.25, -0.2) is 9.97 Å². The van der Waals surface area contributed by atoms with E-state index in [1.807, 2.05) is 13.8 Å². The Bertz CT molecular complexity index is 407. The molecule has 0 unspecified atom stereocenters. The highest BCUT2D eigenvalue weighted by atomic mass is 35.5. The van der Waals surface area contributed by atoms with E-state index in [0.29, 0.717) is 17.0 Å². The molecule has 0 atom stereocenters. The summed E-state index contributed by atoms with van der Waals surface area (Å²) in [6, 6.07) is 0.610. The Kier molecular flexibility index (Phi) is 6.52. The zero-order valence-corrected chi connectivity index (χ0v) is 13.4. The number of aryl methyl sites for hydroxylation is 1. The van der Waals surface area contributed by atoms with E-state index in [0.717, 1.165) is 30.9 Å². The number of hydrogen-bond acceptors (Lipinski definition) is 4. The van der Waals surface area contributed by atoms with Gasteiger partial charge in [0.15, 0.2) is 0 Å². The van der Waals surface area contributed by atoms with Crippen molar-refractivity contribution in [3.05, 3.63) is 16.5 Å². The highest BCUT2D eigenvalue weighted by molar-refractivity contribution is 6.30. The van der Waals surface area contributed by atoms with Gasteiger partial charge in [-0.1, -0.05) is 11.6 Å². The number of halogens is 1. The van der Waals surface area contributed by atoms with Crippen molar-refractivity contribution in [3.8, 4) is 0 Å². The third-order valence-corrected chi connectivity index (χ3v) is 3.68. The molecule has 0 radical (unpaired) electrons. The molecule has 0 fully saturated rings. The van der Waals surface area contributed by atoms with Crippen LogP contribution >= 0.6 is 11.6 Å². The molecular formula is C14H25ClN4. The fourth-order valence-electron chi connectivity index (χ4n) is 1.72. The summed E-state index contributed by atoms with van der Waals surface area (Å²) in [4.78, 5) is 10.9. The lowest BCUT2D eigenvalue weighted by atomic mass is 10.2. The van der Waals surface area contributed by atoms with Gasteiger partial charge < -0.3 is 10.2 Å². The van der Waals surface area contributed by atoms with Crippen LogP contribution in [0.15, 0.2) is 0 Å². The zero-order valence-electron chi connectivity index (χ0n) is 12.6. The molecule has 1 aromatic rings. The van der Waals surface area contributed by atoms with Crippen LogP contribution < -0.4 is 5.32 Å². The lowest BCUT2D eigenvalue weighted by Crippen LogP contribution is -2.27. The molecule has 0 saturated carbocycles. The Labute approximate surface area is 121 Å².